The Morgan fingerprint density at radius 2 is 1.67 bits per heavy atom. The monoisotopic (exact) mass is 364 g/mol. The molecule has 0 aliphatic carbocycles. The van der Waals surface area contributed by atoms with Gasteiger partial charge in [0.05, 0.1) is 12.1 Å². The number of amides is 1. The molecule has 0 unspecified atom stereocenters. The molecular formula is C22H21FN2O2. The summed E-state index contributed by atoms with van der Waals surface area (Å²) in [5.41, 5.74) is 2.82. The zero-order chi connectivity index (χ0) is 19.4. The van der Waals surface area contributed by atoms with Gasteiger partial charge in [0, 0.05) is 18.0 Å². The number of hydrogen-bond acceptors (Lipinski definition) is 2. The van der Waals surface area contributed by atoms with Gasteiger partial charge in [0.1, 0.15) is 5.82 Å². The fraction of sp³-hybridized carbons (Fsp3) is 0.182. The van der Waals surface area contributed by atoms with E-state index in [1.807, 2.05) is 24.3 Å². The zero-order valence-electron chi connectivity index (χ0n) is 15.3. The molecule has 0 saturated carbocycles. The van der Waals surface area contributed by atoms with Gasteiger partial charge in [-0.2, -0.15) is 0 Å². The molecule has 138 valence electrons. The summed E-state index contributed by atoms with van der Waals surface area (Å²) in [6.07, 6.45) is 1.52. The van der Waals surface area contributed by atoms with E-state index in [1.54, 1.807) is 12.1 Å². The molecule has 1 heterocycles. The topological polar surface area (TPSA) is 51.1 Å². The van der Waals surface area contributed by atoms with Gasteiger partial charge in [-0.15, -0.1) is 0 Å². The highest BCUT2D eigenvalue weighted by Crippen LogP contribution is 2.17. The number of halogens is 1. The Labute approximate surface area is 157 Å². The maximum atomic E-state index is 13.0. The Balaban J connectivity index is 1.77. The van der Waals surface area contributed by atoms with Crippen LogP contribution in [0.4, 0.5) is 10.1 Å². The van der Waals surface area contributed by atoms with Crippen LogP contribution in [0.15, 0.2) is 71.7 Å². The van der Waals surface area contributed by atoms with E-state index in [0.717, 1.165) is 5.56 Å². The Morgan fingerprint density at radius 1 is 1.00 bits per heavy atom. The van der Waals surface area contributed by atoms with Crippen LogP contribution in [-0.2, 0) is 6.54 Å². The molecule has 4 nitrogen and oxygen atoms in total. The van der Waals surface area contributed by atoms with Crippen LogP contribution in [0.1, 0.15) is 41.3 Å². The lowest BCUT2D eigenvalue weighted by molar-refractivity contribution is 0.102. The van der Waals surface area contributed by atoms with Gasteiger partial charge in [0.2, 0.25) is 0 Å². The molecule has 0 aliphatic rings. The number of rotatable bonds is 5. The third kappa shape index (κ3) is 4.70. The highest BCUT2D eigenvalue weighted by molar-refractivity contribution is 6.04. The lowest BCUT2D eigenvalue weighted by atomic mass is 10.0. The number of nitrogens with zero attached hydrogens (tertiary/aromatic N) is 1. The highest BCUT2D eigenvalue weighted by atomic mass is 19.1. The maximum Gasteiger partial charge on any atom is 0.257 e. The molecule has 3 aromatic rings. The molecule has 1 amide bonds. The van der Waals surface area contributed by atoms with Crippen LogP contribution in [0.2, 0.25) is 0 Å². The minimum absolute atomic E-state index is 0.225. The van der Waals surface area contributed by atoms with Gasteiger partial charge in [-0.1, -0.05) is 38.1 Å². The van der Waals surface area contributed by atoms with Crippen molar-refractivity contribution >= 4 is 11.6 Å². The molecule has 0 bridgehead atoms. The van der Waals surface area contributed by atoms with Gasteiger partial charge >= 0.3 is 0 Å². The third-order valence-electron chi connectivity index (χ3n) is 4.35. The fourth-order valence-corrected chi connectivity index (χ4v) is 2.73. The molecule has 0 atom stereocenters. The predicted molar refractivity (Wildman–Crippen MR) is 105 cm³/mol. The minimum atomic E-state index is -0.331. The van der Waals surface area contributed by atoms with Crippen LogP contribution >= 0.6 is 0 Å². The van der Waals surface area contributed by atoms with Crippen molar-refractivity contribution in [3.05, 3.63) is 99.7 Å². The lowest BCUT2D eigenvalue weighted by Crippen LogP contribution is -2.22. The first kappa shape index (κ1) is 18.6. The number of carbonyl (C=O) groups is 1. The minimum Gasteiger partial charge on any atom is -0.322 e. The third-order valence-corrected chi connectivity index (χ3v) is 4.35. The second-order valence-corrected chi connectivity index (χ2v) is 6.74. The molecule has 0 radical (unpaired) electrons. The standard InChI is InChI=1S/C22H21FN2O2/c1-15(2)17-5-10-20(11-6-17)24-22(27)18-7-12-21(26)25(14-18)13-16-3-8-19(23)9-4-16/h3-12,14-15H,13H2,1-2H3,(H,24,27). The van der Waals surface area contributed by atoms with Crippen molar-refractivity contribution < 1.29 is 9.18 Å². The van der Waals surface area contributed by atoms with Crippen LogP contribution in [0.3, 0.4) is 0 Å². The van der Waals surface area contributed by atoms with Gasteiger partial charge in [0.15, 0.2) is 0 Å². The van der Waals surface area contributed by atoms with E-state index < -0.39 is 0 Å². The Morgan fingerprint density at radius 3 is 2.30 bits per heavy atom. The van der Waals surface area contributed by atoms with Crippen molar-refractivity contribution in [2.75, 3.05) is 5.32 Å². The molecule has 0 aliphatic heterocycles. The van der Waals surface area contributed by atoms with Gasteiger partial charge < -0.3 is 9.88 Å². The van der Waals surface area contributed by atoms with Gasteiger partial charge in [-0.05, 0) is 47.4 Å². The average molecular weight is 364 g/mol. The summed E-state index contributed by atoms with van der Waals surface area (Å²) in [4.78, 5) is 24.6. The number of nitrogens with one attached hydrogen (secondary N) is 1. The summed E-state index contributed by atoms with van der Waals surface area (Å²) in [5.74, 6) is -0.201. The molecule has 5 heteroatoms. The zero-order valence-corrected chi connectivity index (χ0v) is 15.3. The molecular weight excluding hydrogens is 343 g/mol. The van der Waals surface area contributed by atoms with E-state index in [1.165, 1.54) is 40.6 Å². The highest BCUT2D eigenvalue weighted by Gasteiger charge is 2.09. The van der Waals surface area contributed by atoms with Crippen molar-refractivity contribution in [1.29, 1.82) is 0 Å². The fourth-order valence-electron chi connectivity index (χ4n) is 2.73. The summed E-state index contributed by atoms with van der Waals surface area (Å²) in [5, 5.41) is 2.84. The second kappa shape index (κ2) is 7.99. The largest absolute Gasteiger partial charge is 0.322 e. The normalized spacial score (nSPS) is 10.8. The SMILES string of the molecule is CC(C)c1ccc(NC(=O)c2ccc(=O)n(Cc3ccc(F)cc3)c2)cc1. The molecule has 1 N–H and O–H groups in total. The first-order chi connectivity index (χ1) is 12.9. The number of benzene rings is 2. The van der Waals surface area contributed by atoms with Crippen LogP contribution in [0, 0.1) is 5.82 Å². The summed E-state index contributed by atoms with van der Waals surface area (Å²) in [7, 11) is 0. The predicted octanol–water partition coefficient (Wildman–Crippen LogP) is 4.41. The summed E-state index contributed by atoms with van der Waals surface area (Å²) in [6, 6.07) is 16.5. The number of pyridine rings is 1. The van der Waals surface area contributed by atoms with Gasteiger partial charge in [-0.3, -0.25) is 9.59 Å². The van der Waals surface area contributed by atoms with Crippen LogP contribution in [0.5, 0.6) is 0 Å². The van der Waals surface area contributed by atoms with Crippen LogP contribution in [0.25, 0.3) is 0 Å². The molecule has 27 heavy (non-hydrogen) atoms. The van der Waals surface area contributed by atoms with Crippen molar-refractivity contribution in [2.24, 2.45) is 0 Å². The lowest BCUT2D eigenvalue weighted by Gasteiger charge is -2.10. The summed E-state index contributed by atoms with van der Waals surface area (Å²) >= 11 is 0. The van der Waals surface area contributed by atoms with E-state index in [0.29, 0.717) is 17.2 Å². The Bertz CT molecular complexity index is 990. The van der Waals surface area contributed by atoms with Crippen LogP contribution < -0.4 is 10.9 Å². The maximum absolute atomic E-state index is 13.0. The summed E-state index contributed by atoms with van der Waals surface area (Å²) < 4.78 is 14.5. The van der Waals surface area contributed by atoms with E-state index in [4.69, 9.17) is 0 Å². The van der Waals surface area contributed by atoms with Crippen molar-refractivity contribution in [2.45, 2.75) is 26.3 Å². The van der Waals surface area contributed by atoms with Gasteiger partial charge in [0.25, 0.3) is 11.5 Å². The summed E-state index contributed by atoms with van der Waals surface area (Å²) in [6.45, 7) is 4.49. The first-order valence-electron chi connectivity index (χ1n) is 8.78. The van der Waals surface area contributed by atoms with E-state index >= 15 is 0 Å². The molecule has 0 saturated heterocycles. The molecule has 2 aromatic carbocycles. The van der Waals surface area contributed by atoms with Crippen molar-refractivity contribution in [3.8, 4) is 0 Å². The second-order valence-electron chi connectivity index (χ2n) is 6.74. The quantitative estimate of drug-likeness (QED) is 0.729. The number of carbonyl (C=O) groups excluding carboxylic acids is 1. The van der Waals surface area contributed by atoms with Crippen LogP contribution in [-0.4, -0.2) is 10.5 Å². The average Bonchev–Trinajstić information content (AvgIpc) is 2.65. The Hall–Kier alpha value is -3.21. The molecule has 0 fully saturated rings. The smallest absolute Gasteiger partial charge is 0.257 e. The number of anilines is 1. The van der Waals surface area contributed by atoms with E-state index in [-0.39, 0.29) is 23.8 Å². The van der Waals surface area contributed by atoms with Crippen molar-refractivity contribution in [3.63, 3.8) is 0 Å². The molecule has 3 rings (SSSR count). The number of aromatic nitrogens is 1. The molecule has 0 spiro atoms. The van der Waals surface area contributed by atoms with Crippen molar-refractivity contribution in [1.82, 2.24) is 4.57 Å². The number of hydrogen-bond donors (Lipinski definition) is 1. The van der Waals surface area contributed by atoms with Gasteiger partial charge in [-0.25, -0.2) is 4.39 Å². The first-order valence-corrected chi connectivity index (χ1v) is 8.78. The van der Waals surface area contributed by atoms with E-state index in [9.17, 15) is 14.0 Å². The Kier molecular flexibility index (Phi) is 5.50. The van der Waals surface area contributed by atoms with E-state index in [2.05, 4.69) is 19.2 Å². The molecule has 1 aromatic heterocycles.